The van der Waals surface area contributed by atoms with Crippen LogP contribution >= 0.6 is 0 Å². The molecule has 4 aliphatic carbocycles. The van der Waals surface area contributed by atoms with Crippen LogP contribution in [0.15, 0.2) is 48.5 Å². The Morgan fingerprint density at radius 3 is 1.95 bits per heavy atom. The van der Waals surface area contributed by atoms with Crippen LogP contribution in [-0.4, -0.2) is 58.2 Å². The summed E-state index contributed by atoms with van der Waals surface area (Å²) in [7, 11) is -3.63. The highest BCUT2D eigenvalue weighted by Gasteiger charge is 2.51. The fourth-order valence-corrected chi connectivity index (χ4v) is 8.78. The molecule has 0 radical (unpaired) electrons. The zero-order chi connectivity index (χ0) is 25.8. The van der Waals surface area contributed by atoms with Crippen molar-refractivity contribution in [2.24, 2.45) is 17.8 Å². The monoisotopic (exact) mass is 525 g/mol. The summed E-state index contributed by atoms with van der Waals surface area (Å²) in [5.41, 5.74) is 3.06. The van der Waals surface area contributed by atoms with Gasteiger partial charge < -0.3 is 9.80 Å². The van der Waals surface area contributed by atoms with E-state index in [-0.39, 0.29) is 23.7 Å². The van der Waals surface area contributed by atoms with E-state index in [1.165, 1.54) is 66.8 Å². The highest BCUT2D eigenvalue weighted by Crippen LogP contribution is 2.60. The van der Waals surface area contributed by atoms with Crippen molar-refractivity contribution in [1.82, 2.24) is 4.90 Å². The predicted molar refractivity (Wildman–Crippen MR) is 144 cm³/mol. The second kappa shape index (κ2) is 9.29. The highest BCUT2D eigenvalue weighted by atomic mass is 32.2. The molecule has 6 nitrogen and oxygen atoms in total. The smallest absolute Gasteiger partial charge is 0.243 e. The molecule has 8 heteroatoms. The van der Waals surface area contributed by atoms with E-state index in [4.69, 9.17) is 0 Å². The minimum atomic E-state index is -3.63. The normalized spacial score (nSPS) is 29.0. The number of piperazine rings is 1. The number of benzene rings is 2. The zero-order valence-electron chi connectivity index (χ0n) is 21.5. The average Bonchev–Trinajstić information content (AvgIpc) is 2.86. The molecule has 5 fully saturated rings. The van der Waals surface area contributed by atoms with Crippen LogP contribution in [0, 0.1) is 23.6 Å². The van der Waals surface area contributed by atoms with Crippen LogP contribution < -0.4 is 9.21 Å². The molecule has 4 bridgehead atoms. The van der Waals surface area contributed by atoms with E-state index < -0.39 is 10.0 Å². The van der Waals surface area contributed by atoms with Crippen LogP contribution in [0.3, 0.4) is 0 Å². The van der Waals surface area contributed by atoms with Gasteiger partial charge in [-0.3, -0.25) is 9.10 Å². The largest absolute Gasteiger partial charge is 0.368 e. The van der Waals surface area contributed by atoms with E-state index in [0.29, 0.717) is 31.9 Å². The lowest BCUT2D eigenvalue weighted by Crippen LogP contribution is -2.52. The Morgan fingerprint density at radius 2 is 1.43 bits per heavy atom. The number of carbonyl (C=O) groups excluding carboxylic acids is 1. The summed E-state index contributed by atoms with van der Waals surface area (Å²) in [6.45, 7) is 2.04. The average molecular weight is 526 g/mol. The molecule has 1 aliphatic heterocycles. The first-order valence-electron chi connectivity index (χ1n) is 13.6. The van der Waals surface area contributed by atoms with Gasteiger partial charge in [-0.1, -0.05) is 12.1 Å². The summed E-state index contributed by atoms with van der Waals surface area (Å²) in [6, 6.07) is 14.4. The molecule has 37 heavy (non-hydrogen) atoms. The molecule has 4 saturated carbocycles. The van der Waals surface area contributed by atoms with Crippen LogP contribution in [0.25, 0.3) is 0 Å². The maximum Gasteiger partial charge on any atom is 0.243 e. The van der Waals surface area contributed by atoms with Crippen LogP contribution in [-0.2, 0) is 20.2 Å². The number of nitrogens with zero attached hydrogens (tertiary/aromatic N) is 3. The second-order valence-electron chi connectivity index (χ2n) is 11.9. The van der Waals surface area contributed by atoms with Crippen LogP contribution in [0.1, 0.15) is 44.1 Å². The van der Waals surface area contributed by atoms with E-state index in [1.54, 1.807) is 17.0 Å². The van der Waals surface area contributed by atoms with Crippen LogP contribution in [0.4, 0.5) is 15.8 Å². The first-order chi connectivity index (χ1) is 17.7. The molecular formula is C29H36FN3O3S. The zero-order valence-corrected chi connectivity index (χ0v) is 22.3. The molecule has 0 spiro atoms. The summed E-state index contributed by atoms with van der Waals surface area (Å²) >= 11 is 0. The Hall–Kier alpha value is -2.61. The van der Waals surface area contributed by atoms with Gasteiger partial charge in [0, 0.05) is 31.9 Å². The first-order valence-corrected chi connectivity index (χ1v) is 15.4. The van der Waals surface area contributed by atoms with Gasteiger partial charge in [0.15, 0.2) is 0 Å². The quantitative estimate of drug-likeness (QED) is 0.561. The van der Waals surface area contributed by atoms with Crippen LogP contribution in [0.2, 0.25) is 0 Å². The molecule has 0 N–H and O–H groups in total. The molecule has 198 valence electrons. The fourth-order valence-electron chi connectivity index (χ4n) is 7.93. The Balaban J connectivity index is 1.13. The van der Waals surface area contributed by atoms with Crippen molar-refractivity contribution >= 4 is 27.3 Å². The maximum absolute atomic E-state index is 13.2. The summed E-state index contributed by atoms with van der Waals surface area (Å²) in [4.78, 5) is 17.0. The number of hydrogen-bond donors (Lipinski definition) is 0. The molecule has 0 atom stereocenters. The standard InChI is InChI=1S/C29H36FN3O3S/c1-37(35,36)33(20-28(34)32-12-10-31(11-13-32)26-8-4-25(30)5-9-26)27-6-2-24(3-7-27)29-17-21-14-22(18-29)16-23(15-21)19-29/h2-9,21-23H,10-20H2,1H3. The summed E-state index contributed by atoms with van der Waals surface area (Å²) in [5, 5.41) is 0. The summed E-state index contributed by atoms with van der Waals surface area (Å²) in [5.74, 6) is 2.07. The van der Waals surface area contributed by atoms with Gasteiger partial charge in [-0.05, 0) is 104 Å². The third-order valence-electron chi connectivity index (χ3n) is 9.31. The first kappa shape index (κ1) is 24.7. The Morgan fingerprint density at radius 1 is 0.892 bits per heavy atom. The topological polar surface area (TPSA) is 60.9 Å². The van der Waals surface area contributed by atoms with Crippen molar-refractivity contribution in [3.8, 4) is 0 Å². The van der Waals surface area contributed by atoms with Gasteiger partial charge >= 0.3 is 0 Å². The lowest BCUT2D eigenvalue weighted by atomic mass is 9.48. The Bertz CT molecular complexity index is 1220. The van der Waals surface area contributed by atoms with Gasteiger partial charge in [0.1, 0.15) is 12.4 Å². The number of carbonyl (C=O) groups is 1. The number of amides is 1. The van der Waals surface area contributed by atoms with Crippen molar-refractivity contribution < 1.29 is 17.6 Å². The summed E-state index contributed by atoms with van der Waals surface area (Å²) in [6.07, 6.45) is 9.11. The van der Waals surface area contributed by atoms with E-state index in [9.17, 15) is 17.6 Å². The molecule has 7 rings (SSSR count). The molecule has 5 aliphatic rings. The summed E-state index contributed by atoms with van der Waals surface area (Å²) < 4.78 is 40.0. The number of rotatable bonds is 6. The van der Waals surface area contributed by atoms with Gasteiger partial charge in [0.25, 0.3) is 0 Å². The van der Waals surface area contributed by atoms with Gasteiger partial charge in [-0.15, -0.1) is 0 Å². The molecule has 0 aromatic heterocycles. The van der Waals surface area contributed by atoms with Gasteiger partial charge in [-0.25, -0.2) is 12.8 Å². The van der Waals surface area contributed by atoms with Crippen molar-refractivity contribution in [2.45, 2.75) is 43.9 Å². The van der Waals surface area contributed by atoms with Crippen molar-refractivity contribution in [3.05, 3.63) is 59.9 Å². The van der Waals surface area contributed by atoms with Crippen LogP contribution in [0.5, 0.6) is 0 Å². The number of halogens is 1. The molecule has 2 aromatic carbocycles. The van der Waals surface area contributed by atoms with Gasteiger partial charge in [-0.2, -0.15) is 0 Å². The third kappa shape index (κ3) is 4.85. The minimum absolute atomic E-state index is 0.200. The fraction of sp³-hybridized carbons (Fsp3) is 0.552. The number of hydrogen-bond acceptors (Lipinski definition) is 4. The van der Waals surface area contributed by atoms with Gasteiger partial charge in [0.05, 0.1) is 11.9 Å². The highest BCUT2D eigenvalue weighted by molar-refractivity contribution is 7.92. The molecule has 1 heterocycles. The van der Waals surface area contributed by atoms with E-state index in [2.05, 4.69) is 17.0 Å². The molecular weight excluding hydrogens is 489 g/mol. The lowest BCUT2D eigenvalue weighted by Gasteiger charge is -2.57. The van der Waals surface area contributed by atoms with Crippen molar-refractivity contribution in [1.29, 1.82) is 0 Å². The van der Waals surface area contributed by atoms with E-state index in [0.717, 1.165) is 23.4 Å². The molecule has 0 unspecified atom stereocenters. The number of sulfonamides is 1. The Labute approximate surface area is 219 Å². The van der Waals surface area contributed by atoms with Crippen molar-refractivity contribution in [3.63, 3.8) is 0 Å². The number of anilines is 2. The third-order valence-corrected chi connectivity index (χ3v) is 10.4. The predicted octanol–water partition coefficient (Wildman–Crippen LogP) is 4.41. The SMILES string of the molecule is CS(=O)(=O)N(CC(=O)N1CCN(c2ccc(F)cc2)CC1)c1ccc(C23CC4CC(CC(C4)C2)C3)cc1. The van der Waals surface area contributed by atoms with E-state index in [1.807, 2.05) is 12.1 Å². The lowest BCUT2D eigenvalue weighted by molar-refractivity contribution is -0.129. The minimum Gasteiger partial charge on any atom is -0.368 e. The molecule has 2 aromatic rings. The molecule has 1 saturated heterocycles. The van der Waals surface area contributed by atoms with Crippen molar-refractivity contribution in [2.75, 3.05) is 48.2 Å². The molecule has 1 amide bonds. The second-order valence-corrected chi connectivity index (χ2v) is 13.8. The maximum atomic E-state index is 13.2. The Kier molecular flexibility index (Phi) is 6.21. The van der Waals surface area contributed by atoms with E-state index >= 15 is 0 Å². The van der Waals surface area contributed by atoms with Gasteiger partial charge in [0.2, 0.25) is 15.9 Å².